The molecular formula is C16H20N4OS2. The van der Waals surface area contributed by atoms with Gasteiger partial charge in [0.25, 0.3) is 0 Å². The molecule has 5 nitrogen and oxygen atoms in total. The monoisotopic (exact) mass is 348 g/mol. The quantitative estimate of drug-likeness (QED) is 0.380. The Hall–Kier alpha value is -1.86. The Morgan fingerprint density at radius 1 is 1.17 bits per heavy atom. The highest BCUT2D eigenvalue weighted by molar-refractivity contribution is 7.80. The van der Waals surface area contributed by atoms with E-state index in [9.17, 15) is 0 Å². The molecule has 0 aromatic heterocycles. The van der Waals surface area contributed by atoms with Gasteiger partial charge in [-0.25, -0.2) is 0 Å². The molecule has 2 aliphatic rings. The molecule has 1 saturated carbocycles. The summed E-state index contributed by atoms with van der Waals surface area (Å²) in [6.07, 6.45) is 5.92. The van der Waals surface area contributed by atoms with Crippen LogP contribution in [0.4, 0.5) is 5.69 Å². The Morgan fingerprint density at radius 2 is 1.96 bits per heavy atom. The van der Waals surface area contributed by atoms with Gasteiger partial charge in [0.15, 0.2) is 10.2 Å². The smallest absolute Gasteiger partial charge is 0.189 e. The predicted octanol–water partition coefficient (Wildman–Crippen LogP) is 2.47. The summed E-state index contributed by atoms with van der Waals surface area (Å²) in [6, 6.07) is 7.95. The van der Waals surface area contributed by atoms with Crippen LogP contribution in [-0.4, -0.2) is 23.4 Å². The first-order valence-electron chi connectivity index (χ1n) is 7.61. The van der Waals surface area contributed by atoms with Crippen molar-refractivity contribution < 1.29 is 4.74 Å². The van der Waals surface area contributed by atoms with E-state index in [1.807, 2.05) is 24.3 Å². The van der Waals surface area contributed by atoms with Crippen LogP contribution < -0.4 is 26.2 Å². The summed E-state index contributed by atoms with van der Waals surface area (Å²) in [4.78, 5) is 0. The SMILES string of the molecule is COc1ccccc1NC(=S)NNC(=S)NC1CC2CC=C1C2. The third kappa shape index (κ3) is 3.92. The van der Waals surface area contributed by atoms with Crippen molar-refractivity contribution in [3.63, 3.8) is 0 Å². The van der Waals surface area contributed by atoms with Crippen LogP contribution in [0.5, 0.6) is 5.75 Å². The molecule has 0 radical (unpaired) electrons. The van der Waals surface area contributed by atoms with E-state index >= 15 is 0 Å². The minimum Gasteiger partial charge on any atom is -0.495 e. The second-order valence-electron chi connectivity index (χ2n) is 5.75. The van der Waals surface area contributed by atoms with Crippen molar-refractivity contribution in [3.05, 3.63) is 35.9 Å². The van der Waals surface area contributed by atoms with E-state index in [1.165, 1.54) is 18.4 Å². The first-order valence-corrected chi connectivity index (χ1v) is 8.43. The molecule has 0 amide bonds. The molecule has 0 saturated heterocycles. The van der Waals surface area contributed by atoms with Crippen molar-refractivity contribution in [3.8, 4) is 5.75 Å². The standard InChI is InChI=1S/C16H20N4OS2/c1-21-14-5-3-2-4-12(14)17-15(22)19-20-16(23)18-13-9-10-6-7-11(13)8-10/h2-5,7,10,13H,6,8-9H2,1H3,(H2,17,19,22)(H2,18,20,23). The number of para-hydroxylation sites is 2. The summed E-state index contributed by atoms with van der Waals surface area (Å²) < 4.78 is 5.27. The van der Waals surface area contributed by atoms with Gasteiger partial charge < -0.3 is 15.4 Å². The summed E-state index contributed by atoms with van der Waals surface area (Å²) in [7, 11) is 1.62. The Balaban J connectivity index is 1.44. The molecule has 0 spiro atoms. The molecule has 2 atom stereocenters. The lowest BCUT2D eigenvalue weighted by atomic mass is 10.0. The number of hydrazine groups is 1. The lowest BCUT2D eigenvalue weighted by Gasteiger charge is -2.21. The maximum absolute atomic E-state index is 5.31. The van der Waals surface area contributed by atoms with Gasteiger partial charge in [-0.1, -0.05) is 23.8 Å². The molecule has 1 aromatic carbocycles. The zero-order valence-electron chi connectivity index (χ0n) is 12.9. The molecule has 122 valence electrons. The first kappa shape index (κ1) is 16.0. The fourth-order valence-corrected chi connectivity index (χ4v) is 3.48. The van der Waals surface area contributed by atoms with Crippen LogP contribution in [0, 0.1) is 5.92 Å². The number of benzene rings is 1. The van der Waals surface area contributed by atoms with Crippen LogP contribution in [-0.2, 0) is 0 Å². The molecule has 7 heteroatoms. The van der Waals surface area contributed by atoms with E-state index in [0.717, 1.165) is 23.8 Å². The van der Waals surface area contributed by atoms with Crippen molar-refractivity contribution in [1.29, 1.82) is 0 Å². The number of anilines is 1. The number of allylic oxidation sites excluding steroid dienone is 1. The maximum Gasteiger partial charge on any atom is 0.189 e. The Bertz CT molecular complexity index is 647. The van der Waals surface area contributed by atoms with E-state index in [-0.39, 0.29) is 0 Å². The lowest BCUT2D eigenvalue weighted by Crippen LogP contribution is -2.50. The molecule has 2 aliphatic carbocycles. The summed E-state index contributed by atoms with van der Waals surface area (Å²) in [5, 5.41) is 7.37. The average Bonchev–Trinajstić information content (AvgIpc) is 3.16. The summed E-state index contributed by atoms with van der Waals surface area (Å²) in [6.45, 7) is 0. The largest absolute Gasteiger partial charge is 0.495 e. The number of ether oxygens (including phenoxy) is 1. The third-order valence-corrected chi connectivity index (χ3v) is 4.63. The van der Waals surface area contributed by atoms with Gasteiger partial charge in [0.2, 0.25) is 0 Å². The zero-order valence-corrected chi connectivity index (χ0v) is 14.5. The van der Waals surface area contributed by atoms with Gasteiger partial charge in [0, 0.05) is 6.04 Å². The van der Waals surface area contributed by atoms with Crippen molar-refractivity contribution in [2.24, 2.45) is 5.92 Å². The zero-order chi connectivity index (χ0) is 16.2. The molecular weight excluding hydrogens is 328 g/mol. The molecule has 23 heavy (non-hydrogen) atoms. The third-order valence-electron chi connectivity index (χ3n) is 4.20. The second-order valence-corrected chi connectivity index (χ2v) is 6.57. The highest BCUT2D eigenvalue weighted by atomic mass is 32.1. The van der Waals surface area contributed by atoms with Gasteiger partial charge in [0.05, 0.1) is 12.8 Å². The van der Waals surface area contributed by atoms with Crippen LogP contribution in [0.15, 0.2) is 35.9 Å². The number of nitrogens with one attached hydrogen (secondary N) is 4. The van der Waals surface area contributed by atoms with Crippen molar-refractivity contribution >= 4 is 40.3 Å². The Morgan fingerprint density at radius 3 is 2.65 bits per heavy atom. The number of fused-ring (bicyclic) bond motifs is 2. The number of methoxy groups -OCH3 is 1. The van der Waals surface area contributed by atoms with Crippen LogP contribution >= 0.6 is 24.4 Å². The normalized spacial score (nSPS) is 21.3. The van der Waals surface area contributed by atoms with Crippen LogP contribution in [0.25, 0.3) is 0 Å². The summed E-state index contributed by atoms with van der Waals surface area (Å²) in [5.74, 6) is 1.53. The summed E-state index contributed by atoms with van der Waals surface area (Å²) >= 11 is 10.6. The van der Waals surface area contributed by atoms with Crippen LogP contribution in [0.3, 0.4) is 0 Å². The van der Waals surface area contributed by atoms with Gasteiger partial charge in [-0.2, -0.15) is 0 Å². The number of rotatable bonds is 3. The van der Waals surface area contributed by atoms with Gasteiger partial charge in [-0.05, 0) is 61.7 Å². The number of hydrogen-bond acceptors (Lipinski definition) is 3. The van der Waals surface area contributed by atoms with Gasteiger partial charge in [-0.3, -0.25) is 10.9 Å². The predicted molar refractivity (Wildman–Crippen MR) is 100 cm³/mol. The maximum atomic E-state index is 5.31. The van der Waals surface area contributed by atoms with Crippen LogP contribution in [0.1, 0.15) is 19.3 Å². The van der Waals surface area contributed by atoms with Crippen molar-refractivity contribution in [2.75, 3.05) is 12.4 Å². The van der Waals surface area contributed by atoms with Crippen molar-refractivity contribution in [2.45, 2.75) is 25.3 Å². The van der Waals surface area contributed by atoms with E-state index in [2.05, 4.69) is 27.6 Å². The van der Waals surface area contributed by atoms with E-state index in [1.54, 1.807) is 7.11 Å². The topological polar surface area (TPSA) is 57.4 Å². The Kier molecular flexibility index (Phi) is 4.97. The fraction of sp³-hybridized carbons (Fsp3) is 0.375. The summed E-state index contributed by atoms with van der Waals surface area (Å²) in [5.41, 5.74) is 8.10. The molecule has 3 rings (SSSR count). The first-order chi connectivity index (χ1) is 11.2. The second kappa shape index (κ2) is 7.14. The Labute approximate surface area is 146 Å². The molecule has 2 unspecified atom stereocenters. The molecule has 1 fully saturated rings. The average molecular weight is 348 g/mol. The van der Waals surface area contributed by atoms with Gasteiger partial charge >= 0.3 is 0 Å². The number of hydrogen-bond donors (Lipinski definition) is 4. The highest BCUT2D eigenvalue weighted by Crippen LogP contribution is 2.39. The fourth-order valence-electron chi connectivity index (χ4n) is 3.13. The van der Waals surface area contributed by atoms with Crippen molar-refractivity contribution in [1.82, 2.24) is 16.2 Å². The van der Waals surface area contributed by atoms with E-state index in [0.29, 0.717) is 16.3 Å². The van der Waals surface area contributed by atoms with Crippen LogP contribution in [0.2, 0.25) is 0 Å². The van der Waals surface area contributed by atoms with Gasteiger partial charge in [-0.15, -0.1) is 0 Å². The molecule has 4 N–H and O–H groups in total. The van der Waals surface area contributed by atoms with E-state index < -0.39 is 0 Å². The lowest BCUT2D eigenvalue weighted by molar-refractivity contribution is 0.417. The molecule has 0 aliphatic heterocycles. The number of thiocarbonyl (C=S) groups is 2. The minimum atomic E-state index is 0.367. The molecule has 2 bridgehead atoms. The minimum absolute atomic E-state index is 0.367. The molecule has 1 aromatic rings. The van der Waals surface area contributed by atoms with Gasteiger partial charge in [0.1, 0.15) is 5.75 Å². The molecule has 0 heterocycles. The highest BCUT2D eigenvalue weighted by Gasteiger charge is 2.33. The van der Waals surface area contributed by atoms with E-state index in [4.69, 9.17) is 29.2 Å².